The average molecular weight is 402 g/mol. The van der Waals surface area contributed by atoms with Crippen molar-refractivity contribution in [2.75, 3.05) is 31.7 Å². The number of aryl methyl sites for hydroxylation is 3. The van der Waals surface area contributed by atoms with Crippen molar-refractivity contribution in [3.05, 3.63) is 39.9 Å². The van der Waals surface area contributed by atoms with Crippen LogP contribution in [0.5, 0.6) is 0 Å². The standard InChI is InChI=1S/C20H30N6O3/c1-15-13-16(2)25(22-15)10-8-19(27)21-17-5-4-9-24(14-17)18-6-7-20(28)26(23-18)11-12-29-3/h6-7,13,17H,4-5,8-12,14H2,1-3H3,(H,21,27). The first-order valence-electron chi connectivity index (χ1n) is 10.1. The van der Waals surface area contributed by atoms with Crippen LogP contribution >= 0.6 is 0 Å². The summed E-state index contributed by atoms with van der Waals surface area (Å²) in [6.07, 6.45) is 2.30. The average Bonchev–Trinajstić information content (AvgIpc) is 3.03. The molecule has 3 rings (SSSR count). The number of carbonyl (C=O) groups is 1. The zero-order chi connectivity index (χ0) is 20.8. The van der Waals surface area contributed by atoms with Gasteiger partial charge in [0.05, 0.1) is 18.8 Å². The molecule has 158 valence electrons. The number of hydrogen-bond donors (Lipinski definition) is 1. The van der Waals surface area contributed by atoms with Crippen LogP contribution in [0.25, 0.3) is 0 Å². The molecule has 0 aliphatic carbocycles. The Morgan fingerprint density at radius 2 is 2.07 bits per heavy atom. The van der Waals surface area contributed by atoms with Crippen LogP contribution in [-0.4, -0.2) is 58.3 Å². The zero-order valence-electron chi connectivity index (χ0n) is 17.4. The van der Waals surface area contributed by atoms with Crippen molar-refractivity contribution in [2.24, 2.45) is 0 Å². The van der Waals surface area contributed by atoms with E-state index in [1.165, 1.54) is 10.7 Å². The number of carbonyl (C=O) groups excluding carboxylic acids is 1. The third-order valence-electron chi connectivity index (χ3n) is 5.12. The molecule has 2 aromatic heterocycles. The van der Waals surface area contributed by atoms with Gasteiger partial charge in [0.15, 0.2) is 0 Å². The second-order valence-corrected chi connectivity index (χ2v) is 7.50. The number of methoxy groups -OCH3 is 1. The Labute approximate surface area is 170 Å². The molecule has 9 nitrogen and oxygen atoms in total. The van der Waals surface area contributed by atoms with E-state index in [9.17, 15) is 9.59 Å². The highest BCUT2D eigenvalue weighted by Crippen LogP contribution is 2.17. The molecule has 1 N–H and O–H groups in total. The van der Waals surface area contributed by atoms with E-state index in [4.69, 9.17) is 4.74 Å². The SMILES string of the molecule is COCCn1nc(N2CCCC(NC(=O)CCn3nc(C)cc3C)C2)ccc1=O. The van der Waals surface area contributed by atoms with Gasteiger partial charge in [-0.2, -0.15) is 10.2 Å². The van der Waals surface area contributed by atoms with Crippen LogP contribution in [0.1, 0.15) is 30.7 Å². The number of aromatic nitrogens is 4. The normalized spacial score (nSPS) is 16.8. The summed E-state index contributed by atoms with van der Waals surface area (Å²) in [4.78, 5) is 26.5. The van der Waals surface area contributed by atoms with Crippen LogP contribution in [0.3, 0.4) is 0 Å². The summed E-state index contributed by atoms with van der Waals surface area (Å²) in [5.74, 6) is 0.782. The van der Waals surface area contributed by atoms with Gasteiger partial charge in [-0.1, -0.05) is 0 Å². The summed E-state index contributed by atoms with van der Waals surface area (Å²) >= 11 is 0. The lowest BCUT2D eigenvalue weighted by molar-refractivity contribution is -0.122. The molecule has 0 spiro atoms. The largest absolute Gasteiger partial charge is 0.383 e. The second kappa shape index (κ2) is 9.69. The molecule has 1 fully saturated rings. The first-order chi connectivity index (χ1) is 14.0. The van der Waals surface area contributed by atoms with Gasteiger partial charge in [0.1, 0.15) is 5.82 Å². The number of amides is 1. The monoisotopic (exact) mass is 402 g/mol. The minimum atomic E-state index is -0.142. The molecular weight excluding hydrogens is 372 g/mol. The van der Waals surface area contributed by atoms with E-state index in [2.05, 4.69) is 20.4 Å². The lowest BCUT2D eigenvalue weighted by Gasteiger charge is -2.34. The number of nitrogens with zero attached hydrogens (tertiary/aromatic N) is 5. The molecule has 1 aliphatic rings. The van der Waals surface area contributed by atoms with Gasteiger partial charge in [0.2, 0.25) is 5.91 Å². The number of rotatable bonds is 8. The van der Waals surface area contributed by atoms with Crippen LogP contribution in [-0.2, 0) is 22.6 Å². The summed E-state index contributed by atoms with van der Waals surface area (Å²) in [6.45, 7) is 6.92. The highest BCUT2D eigenvalue weighted by Gasteiger charge is 2.23. The molecule has 1 atom stereocenters. The van der Waals surface area contributed by atoms with E-state index in [1.54, 1.807) is 13.2 Å². The van der Waals surface area contributed by atoms with Crippen LogP contribution in [0, 0.1) is 13.8 Å². The second-order valence-electron chi connectivity index (χ2n) is 7.50. The van der Waals surface area contributed by atoms with Crippen LogP contribution < -0.4 is 15.8 Å². The number of ether oxygens (including phenoxy) is 1. The Bertz CT molecular complexity index is 891. The van der Waals surface area contributed by atoms with Crippen molar-refractivity contribution in [1.29, 1.82) is 0 Å². The van der Waals surface area contributed by atoms with Gasteiger partial charge in [0.25, 0.3) is 5.56 Å². The third-order valence-corrected chi connectivity index (χ3v) is 5.12. The molecule has 0 bridgehead atoms. The lowest BCUT2D eigenvalue weighted by Crippen LogP contribution is -2.48. The number of piperidine rings is 1. The molecule has 29 heavy (non-hydrogen) atoms. The predicted octanol–water partition coefficient (Wildman–Crippen LogP) is 0.878. The van der Waals surface area contributed by atoms with Crippen molar-refractivity contribution in [3.8, 4) is 0 Å². The molecule has 1 saturated heterocycles. The number of anilines is 1. The van der Waals surface area contributed by atoms with E-state index in [0.717, 1.165) is 36.6 Å². The Hall–Kier alpha value is -2.68. The Morgan fingerprint density at radius 3 is 2.79 bits per heavy atom. The van der Waals surface area contributed by atoms with Crippen molar-refractivity contribution >= 4 is 11.7 Å². The molecule has 0 radical (unpaired) electrons. The maximum absolute atomic E-state index is 12.4. The van der Waals surface area contributed by atoms with E-state index < -0.39 is 0 Å². The van der Waals surface area contributed by atoms with E-state index in [0.29, 0.717) is 32.7 Å². The topological polar surface area (TPSA) is 94.3 Å². The van der Waals surface area contributed by atoms with Gasteiger partial charge < -0.3 is 15.0 Å². The van der Waals surface area contributed by atoms with Gasteiger partial charge in [0, 0.05) is 51.0 Å². The minimum absolute atomic E-state index is 0.0300. The molecule has 0 saturated carbocycles. The highest BCUT2D eigenvalue weighted by atomic mass is 16.5. The van der Waals surface area contributed by atoms with Crippen molar-refractivity contribution in [3.63, 3.8) is 0 Å². The molecule has 9 heteroatoms. The van der Waals surface area contributed by atoms with Crippen LogP contribution in [0.2, 0.25) is 0 Å². The molecule has 2 aromatic rings. The summed E-state index contributed by atoms with van der Waals surface area (Å²) < 4.78 is 8.34. The van der Waals surface area contributed by atoms with Crippen molar-refractivity contribution in [1.82, 2.24) is 24.9 Å². The predicted molar refractivity (Wildman–Crippen MR) is 110 cm³/mol. The summed E-state index contributed by atoms with van der Waals surface area (Å²) in [5, 5.41) is 12.0. The summed E-state index contributed by atoms with van der Waals surface area (Å²) in [7, 11) is 1.60. The fraction of sp³-hybridized carbons (Fsp3) is 0.600. The minimum Gasteiger partial charge on any atom is -0.383 e. The van der Waals surface area contributed by atoms with E-state index >= 15 is 0 Å². The van der Waals surface area contributed by atoms with Gasteiger partial charge in [-0.15, -0.1) is 0 Å². The van der Waals surface area contributed by atoms with Gasteiger partial charge >= 0.3 is 0 Å². The van der Waals surface area contributed by atoms with Crippen LogP contribution in [0.4, 0.5) is 5.82 Å². The van der Waals surface area contributed by atoms with E-state index in [-0.39, 0.29) is 17.5 Å². The Balaban J connectivity index is 1.55. The first kappa shape index (κ1) is 21.0. The quantitative estimate of drug-likeness (QED) is 0.704. The lowest BCUT2D eigenvalue weighted by atomic mass is 10.1. The van der Waals surface area contributed by atoms with Crippen molar-refractivity contribution in [2.45, 2.75) is 52.2 Å². The highest BCUT2D eigenvalue weighted by molar-refractivity contribution is 5.76. The van der Waals surface area contributed by atoms with Gasteiger partial charge in [-0.3, -0.25) is 14.3 Å². The fourth-order valence-corrected chi connectivity index (χ4v) is 3.66. The third kappa shape index (κ3) is 5.66. The molecular formula is C20H30N6O3. The van der Waals surface area contributed by atoms with Crippen LogP contribution in [0.15, 0.2) is 23.0 Å². The van der Waals surface area contributed by atoms with Crippen molar-refractivity contribution < 1.29 is 9.53 Å². The van der Waals surface area contributed by atoms with Gasteiger partial charge in [-0.05, 0) is 38.8 Å². The van der Waals surface area contributed by atoms with Gasteiger partial charge in [-0.25, -0.2) is 4.68 Å². The summed E-state index contributed by atoms with van der Waals surface area (Å²) in [6, 6.07) is 5.36. The Kier molecular flexibility index (Phi) is 7.03. The Morgan fingerprint density at radius 1 is 1.24 bits per heavy atom. The smallest absolute Gasteiger partial charge is 0.266 e. The molecule has 1 aliphatic heterocycles. The fourth-order valence-electron chi connectivity index (χ4n) is 3.66. The first-order valence-corrected chi connectivity index (χ1v) is 10.1. The summed E-state index contributed by atoms with van der Waals surface area (Å²) in [5.41, 5.74) is 1.88. The number of nitrogens with one attached hydrogen (secondary N) is 1. The zero-order valence-corrected chi connectivity index (χ0v) is 17.4. The maximum Gasteiger partial charge on any atom is 0.266 e. The molecule has 1 unspecified atom stereocenters. The van der Waals surface area contributed by atoms with E-state index in [1.807, 2.05) is 24.6 Å². The molecule has 3 heterocycles. The maximum atomic E-state index is 12.4. The molecule has 1 amide bonds. The molecule has 0 aromatic carbocycles. The number of hydrogen-bond acceptors (Lipinski definition) is 6.